The van der Waals surface area contributed by atoms with Crippen molar-refractivity contribution in [2.45, 2.75) is 44.1 Å². The van der Waals surface area contributed by atoms with Gasteiger partial charge in [-0.25, -0.2) is 9.18 Å². The molecule has 10 heteroatoms. The Bertz CT molecular complexity index is 1050. The number of aromatic hydroxyl groups is 1. The molecule has 0 saturated heterocycles. The minimum absolute atomic E-state index is 0.0628. The van der Waals surface area contributed by atoms with Gasteiger partial charge < -0.3 is 20.3 Å². The van der Waals surface area contributed by atoms with Gasteiger partial charge in [0.05, 0.1) is 5.56 Å². The van der Waals surface area contributed by atoms with Crippen molar-refractivity contribution in [2.24, 2.45) is 0 Å². The molecule has 3 rings (SSSR count). The average molecular weight is 441 g/mol. The van der Waals surface area contributed by atoms with Crippen LogP contribution in [0.25, 0.3) is 0 Å². The van der Waals surface area contributed by atoms with Crippen LogP contribution in [0, 0.1) is 5.82 Å². The van der Waals surface area contributed by atoms with E-state index in [1.54, 1.807) is 0 Å². The van der Waals surface area contributed by atoms with E-state index in [9.17, 15) is 37.4 Å². The average Bonchev–Trinajstić information content (AvgIpc) is 3.00. The number of nitrogens with one attached hydrogen (secondary N) is 1. The molecular weight excluding hydrogens is 422 g/mol. The smallest absolute Gasteiger partial charge is 0.426 e. The van der Waals surface area contributed by atoms with E-state index < -0.39 is 47.1 Å². The highest BCUT2D eigenvalue weighted by molar-refractivity contribution is 5.99. The first-order chi connectivity index (χ1) is 14.2. The van der Waals surface area contributed by atoms with Gasteiger partial charge in [0.15, 0.2) is 0 Å². The van der Waals surface area contributed by atoms with Crippen LogP contribution in [0.3, 0.4) is 0 Å². The number of cyclic esters (lactones) is 1. The van der Waals surface area contributed by atoms with Crippen molar-refractivity contribution in [1.29, 1.82) is 0 Å². The second-order valence-electron chi connectivity index (χ2n) is 7.98. The molecule has 6 nitrogen and oxygen atoms in total. The minimum Gasteiger partial charge on any atom is -0.508 e. The number of anilines is 1. The summed E-state index contributed by atoms with van der Waals surface area (Å²) in [4.78, 5) is 24.1. The van der Waals surface area contributed by atoms with E-state index in [1.165, 1.54) is 32.0 Å². The Morgan fingerprint density at radius 2 is 1.84 bits per heavy atom. The topological polar surface area (TPSA) is 95.9 Å². The van der Waals surface area contributed by atoms with E-state index in [0.29, 0.717) is 5.56 Å². The number of phenolic OH excluding ortho intramolecular Hbond substituents is 1. The number of benzene rings is 2. The van der Waals surface area contributed by atoms with Crippen LogP contribution in [0.1, 0.15) is 41.8 Å². The van der Waals surface area contributed by atoms with Crippen LogP contribution in [0.4, 0.5) is 23.2 Å². The maximum atomic E-state index is 13.8. The van der Waals surface area contributed by atoms with E-state index in [4.69, 9.17) is 4.74 Å². The largest absolute Gasteiger partial charge is 0.508 e. The first-order valence-electron chi connectivity index (χ1n) is 9.14. The zero-order chi connectivity index (χ0) is 23.2. The van der Waals surface area contributed by atoms with E-state index >= 15 is 0 Å². The standard InChI is InChI=1S/C21H19F4NO5/c1-19(2,15-6-3-12(22)8-16(15)27)10-20(30,21(23,24)25)18(29)26-13-4-5-14-11(7-13)9-31-17(14)28/h3-8,27,30H,9-10H2,1-2H3,(H,26,29). The van der Waals surface area contributed by atoms with Gasteiger partial charge in [-0.1, -0.05) is 19.9 Å². The molecule has 31 heavy (non-hydrogen) atoms. The van der Waals surface area contributed by atoms with Crippen LogP contribution in [0.15, 0.2) is 36.4 Å². The van der Waals surface area contributed by atoms with E-state index in [0.717, 1.165) is 18.2 Å². The predicted octanol–water partition coefficient (Wildman–Crippen LogP) is 3.80. The van der Waals surface area contributed by atoms with Crippen LogP contribution in [-0.2, 0) is 21.6 Å². The summed E-state index contributed by atoms with van der Waals surface area (Å²) in [5.41, 5.74) is -4.92. The third-order valence-corrected chi connectivity index (χ3v) is 5.17. The Balaban J connectivity index is 1.91. The molecule has 1 heterocycles. The lowest BCUT2D eigenvalue weighted by Gasteiger charge is -2.37. The molecular formula is C21H19F4NO5. The summed E-state index contributed by atoms with van der Waals surface area (Å²) < 4.78 is 59.6. The second kappa shape index (κ2) is 7.52. The number of amides is 1. The Labute approximate surface area is 174 Å². The molecule has 1 amide bonds. The van der Waals surface area contributed by atoms with E-state index in [1.807, 2.05) is 5.32 Å². The molecule has 0 aromatic heterocycles. The van der Waals surface area contributed by atoms with Crippen LogP contribution >= 0.6 is 0 Å². The SMILES string of the molecule is CC(C)(CC(O)(C(=O)Nc1ccc2c(c1)COC2=O)C(F)(F)F)c1ccc(F)cc1O. The van der Waals surface area contributed by atoms with Crippen molar-refractivity contribution in [2.75, 3.05) is 5.32 Å². The molecule has 166 valence electrons. The monoisotopic (exact) mass is 441 g/mol. The quantitative estimate of drug-likeness (QED) is 0.485. The summed E-state index contributed by atoms with van der Waals surface area (Å²) in [6, 6.07) is 6.59. The van der Waals surface area contributed by atoms with Crippen LogP contribution in [-0.4, -0.2) is 33.9 Å². The predicted molar refractivity (Wildman–Crippen MR) is 101 cm³/mol. The molecule has 0 bridgehead atoms. The number of alkyl halides is 3. The van der Waals surface area contributed by atoms with E-state index in [-0.39, 0.29) is 23.4 Å². The lowest BCUT2D eigenvalue weighted by molar-refractivity contribution is -0.254. The first-order valence-corrected chi connectivity index (χ1v) is 9.14. The number of esters is 1. The molecule has 0 radical (unpaired) electrons. The van der Waals surface area contributed by atoms with Gasteiger partial charge in [0.1, 0.15) is 18.2 Å². The van der Waals surface area contributed by atoms with Crippen molar-refractivity contribution >= 4 is 17.6 Å². The van der Waals surface area contributed by atoms with Gasteiger partial charge in [-0.3, -0.25) is 4.79 Å². The van der Waals surface area contributed by atoms with Crippen LogP contribution in [0.2, 0.25) is 0 Å². The summed E-state index contributed by atoms with van der Waals surface area (Å²) in [6.45, 7) is 2.48. The van der Waals surface area contributed by atoms with Crippen molar-refractivity contribution in [3.63, 3.8) is 0 Å². The molecule has 1 aliphatic heterocycles. The lowest BCUT2D eigenvalue weighted by Crippen LogP contribution is -2.57. The fourth-order valence-corrected chi connectivity index (χ4v) is 3.57. The fraction of sp³-hybridized carbons (Fsp3) is 0.333. The highest BCUT2D eigenvalue weighted by Crippen LogP contribution is 2.44. The highest BCUT2D eigenvalue weighted by Gasteiger charge is 2.61. The van der Waals surface area contributed by atoms with Crippen molar-refractivity contribution < 1.29 is 42.1 Å². The summed E-state index contributed by atoms with van der Waals surface area (Å²) in [5, 5.41) is 22.5. The van der Waals surface area contributed by atoms with Gasteiger partial charge in [-0.05, 0) is 35.2 Å². The number of halogens is 4. The zero-order valence-electron chi connectivity index (χ0n) is 16.5. The number of rotatable bonds is 5. The second-order valence-corrected chi connectivity index (χ2v) is 7.98. The molecule has 0 spiro atoms. The van der Waals surface area contributed by atoms with Gasteiger partial charge in [0.2, 0.25) is 5.60 Å². The molecule has 2 aromatic rings. The molecule has 2 aromatic carbocycles. The summed E-state index contributed by atoms with van der Waals surface area (Å²) in [6.07, 6.45) is -6.51. The highest BCUT2D eigenvalue weighted by atomic mass is 19.4. The Hall–Kier alpha value is -3.14. The Morgan fingerprint density at radius 1 is 1.16 bits per heavy atom. The zero-order valence-corrected chi connectivity index (χ0v) is 16.5. The molecule has 1 atom stereocenters. The Morgan fingerprint density at radius 3 is 2.45 bits per heavy atom. The molecule has 1 unspecified atom stereocenters. The number of fused-ring (bicyclic) bond motifs is 1. The third-order valence-electron chi connectivity index (χ3n) is 5.17. The fourth-order valence-electron chi connectivity index (χ4n) is 3.57. The number of aliphatic hydroxyl groups is 1. The molecule has 0 aliphatic carbocycles. The molecule has 1 aliphatic rings. The van der Waals surface area contributed by atoms with Crippen LogP contribution < -0.4 is 5.32 Å². The van der Waals surface area contributed by atoms with Gasteiger partial charge in [-0.15, -0.1) is 0 Å². The Kier molecular flexibility index (Phi) is 5.47. The van der Waals surface area contributed by atoms with Gasteiger partial charge >= 0.3 is 12.1 Å². The summed E-state index contributed by atoms with van der Waals surface area (Å²) >= 11 is 0. The number of phenols is 1. The minimum atomic E-state index is -5.36. The van der Waals surface area contributed by atoms with E-state index in [2.05, 4.69) is 0 Å². The number of carbonyl (C=O) groups excluding carboxylic acids is 2. The van der Waals surface area contributed by atoms with Crippen molar-refractivity contribution in [3.05, 3.63) is 58.9 Å². The maximum Gasteiger partial charge on any atom is 0.426 e. The van der Waals surface area contributed by atoms with Crippen molar-refractivity contribution in [3.8, 4) is 5.75 Å². The maximum absolute atomic E-state index is 13.8. The van der Waals surface area contributed by atoms with Crippen LogP contribution in [0.5, 0.6) is 5.75 Å². The molecule has 0 saturated carbocycles. The summed E-state index contributed by atoms with van der Waals surface area (Å²) in [5.74, 6) is -3.71. The molecule has 0 fully saturated rings. The van der Waals surface area contributed by atoms with Gasteiger partial charge in [0, 0.05) is 23.7 Å². The number of ether oxygens (including phenoxy) is 1. The number of hydrogen-bond donors (Lipinski definition) is 3. The first kappa shape index (κ1) is 22.5. The van der Waals surface area contributed by atoms with Crippen molar-refractivity contribution in [1.82, 2.24) is 0 Å². The van der Waals surface area contributed by atoms with Gasteiger partial charge in [-0.2, -0.15) is 13.2 Å². The normalized spacial score (nSPS) is 15.8. The van der Waals surface area contributed by atoms with Gasteiger partial charge in [0.25, 0.3) is 5.91 Å². The number of carbonyl (C=O) groups is 2. The number of hydrogen-bond acceptors (Lipinski definition) is 5. The molecule has 3 N–H and O–H groups in total. The third kappa shape index (κ3) is 4.20. The lowest BCUT2D eigenvalue weighted by atomic mass is 9.74. The summed E-state index contributed by atoms with van der Waals surface area (Å²) in [7, 11) is 0.